The Labute approximate surface area is 347 Å². The van der Waals surface area contributed by atoms with Crippen LogP contribution in [-0.4, -0.2) is 0 Å². The molecule has 6 heterocycles. The van der Waals surface area contributed by atoms with Gasteiger partial charge in [0.15, 0.2) is 0 Å². The average Bonchev–Trinajstić information content (AvgIpc) is 3.21. The molecule has 8 heteroatoms. The summed E-state index contributed by atoms with van der Waals surface area (Å²) in [4.78, 5) is 0. The van der Waals surface area contributed by atoms with Crippen LogP contribution in [0.2, 0.25) is 0 Å². The average molecular weight is 813 g/mol. The molecule has 14 bridgehead atoms. The number of hydrogen-bond donors (Lipinski definition) is 0. The molecule has 0 N–H and O–H groups in total. The van der Waals surface area contributed by atoms with Gasteiger partial charge in [0.1, 0.15) is 49.4 Å². The van der Waals surface area contributed by atoms with Gasteiger partial charge in [-0.25, -0.2) is 0 Å². The van der Waals surface area contributed by atoms with Gasteiger partial charge in [-0.2, -0.15) is 47.0 Å². The van der Waals surface area contributed by atoms with Crippen LogP contribution in [0.1, 0.15) is 66.8 Å². The normalized spacial score (nSPS) is 16.0. The first-order chi connectivity index (χ1) is 27.7. The van der Waals surface area contributed by atoms with Crippen LogP contribution in [0.3, 0.4) is 0 Å². The molecular formula is C48H44O4S4. The van der Waals surface area contributed by atoms with E-state index >= 15 is 0 Å². The second-order valence-electron chi connectivity index (χ2n) is 14.5. The van der Waals surface area contributed by atoms with Crippen molar-refractivity contribution in [3.63, 3.8) is 0 Å². The molecule has 6 aromatic carbocycles. The zero-order chi connectivity index (χ0) is 37.5. The SMILES string of the molecule is c1cc2cc(c1)COc1c3cccc1CSCc1cc(cc(c1)OCc1ccccc1COc1cc4cc(c1)CSCc1cccc(c1OC2)CSC4)CSC3. The van der Waals surface area contributed by atoms with Crippen LogP contribution in [0.5, 0.6) is 23.0 Å². The molecule has 56 heavy (non-hydrogen) atoms. The Hall–Kier alpha value is -4.08. The van der Waals surface area contributed by atoms with Crippen LogP contribution in [0.15, 0.2) is 121 Å². The van der Waals surface area contributed by atoms with Gasteiger partial charge < -0.3 is 18.9 Å². The van der Waals surface area contributed by atoms with E-state index in [2.05, 4.69) is 121 Å². The fourth-order valence-corrected chi connectivity index (χ4v) is 11.3. The lowest BCUT2D eigenvalue weighted by atomic mass is 10.1. The summed E-state index contributed by atoms with van der Waals surface area (Å²) >= 11 is 7.69. The van der Waals surface area contributed by atoms with Gasteiger partial charge in [0.2, 0.25) is 0 Å². The second-order valence-corrected chi connectivity index (χ2v) is 18.4. The molecule has 0 amide bonds. The standard InChI is InChI=1S/C48H44O4S4/c1-2-9-40-24-50-46-19-37-16-38(20-46)28-56-32-44-13-5-12-43(31-55-27-37)48(44)52-22-34-7-3-6-33(14-34)21-51-47-41-10-4-11-42(47)30-54-26-36-15-35(25-53-29-41)17-45(18-36)49-23-39(40)8-1/h1-20H,21-32H2. The topological polar surface area (TPSA) is 36.9 Å². The summed E-state index contributed by atoms with van der Waals surface area (Å²) in [6, 6.07) is 44.0. The zero-order valence-electron chi connectivity index (χ0n) is 31.3. The van der Waals surface area contributed by atoms with E-state index in [-0.39, 0.29) is 0 Å². The third-order valence-electron chi connectivity index (χ3n) is 10.2. The van der Waals surface area contributed by atoms with E-state index in [1.807, 2.05) is 47.0 Å². The van der Waals surface area contributed by atoms with Crippen LogP contribution >= 0.6 is 47.0 Å². The predicted octanol–water partition coefficient (Wildman–Crippen LogP) is 12.7. The molecule has 6 aromatic rings. The van der Waals surface area contributed by atoms with E-state index in [4.69, 9.17) is 18.9 Å². The predicted molar refractivity (Wildman–Crippen MR) is 236 cm³/mol. The number of hydrogen-bond acceptors (Lipinski definition) is 8. The smallest absolute Gasteiger partial charge is 0.127 e. The highest BCUT2D eigenvalue weighted by Crippen LogP contribution is 2.37. The van der Waals surface area contributed by atoms with Crippen LogP contribution in [0.4, 0.5) is 0 Å². The minimum absolute atomic E-state index is 0.487. The summed E-state index contributed by atoms with van der Waals surface area (Å²) in [5.41, 5.74) is 14.7. The number of rotatable bonds is 0. The molecule has 6 aliphatic heterocycles. The van der Waals surface area contributed by atoms with Crippen molar-refractivity contribution < 1.29 is 18.9 Å². The van der Waals surface area contributed by atoms with Gasteiger partial charge in [0.05, 0.1) is 0 Å². The van der Waals surface area contributed by atoms with E-state index in [9.17, 15) is 0 Å². The van der Waals surface area contributed by atoms with Crippen molar-refractivity contribution >= 4 is 47.0 Å². The highest BCUT2D eigenvalue weighted by molar-refractivity contribution is 7.98. The van der Waals surface area contributed by atoms with Crippen molar-refractivity contribution in [1.29, 1.82) is 0 Å². The van der Waals surface area contributed by atoms with Crippen molar-refractivity contribution in [2.24, 2.45) is 0 Å². The lowest BCUT2D eigenvalue weighted by molar-refractivity contribution is 0.285. The molecule has 284 valence electrons. The molecule has 0 saturated carbocycles. The molecule has 0 aliphatic carbocycles. The van der Waals surface area contributed by atoms with E-state index in [0.717, 1.165) is 91.3 Å². The Morgan fingerprint density at radius 2 is 0.625 bits per heavy atom. The van der Waals surface area contributed by atoms with E-state index in [0.29, 0.717) is 26.4 Å². The van der Waals surface area contributed by atoms with Crippen LogP contribution in [0, 0.1) is 0 Å². The van der Waals surface area contributed by atoms with Crippen molar-refractivity contribution in [2.45, 2.75) is 72.5 Å². The first kappa shape index (κ1) is 37.5. The number of benzene rings is 6. The first-order valence-electron chi connectivity index (χ1n) is 19.1. The highest BCUT2D eigenvalue weighted by Gasteiger charge is 2.17. The van der Waals surface area contributed by atoms with Crippen LogP contribution < -0.4 is 18.9 Å². The third kappa shape index (κ3) is 9.37. The van der Waals surface area contributed by atoms with Gasteiger partial charge >= 0.3 is 0 Å². The van der Waals surface area contributed by atoms with E-state index in [1.54, 1.807) is 0 Å². The second kappa shape index (κ2) is 18.0. The molecule has 0 aromatic heterocycles. The molecule has 0 fully saturated rings. The van der Waals surface area contributed by atoms with Crippen molar-refractivity contribution in [3.05, 3.63) is 188 Å². The summed E-state index contributed by atoms with van der Waals surface area (Å²) < 4.78 is 26.6. The fraction of sp³-hybridized carbons (Fsp3) is 0.250. The Morgan fingerprint density at radius 1 is 0.286 bits per heavy atom. The van der Waals surface area contributed by atoms with Gasteiger partial charge in [-0.05, 0) is 74.8 Å². The van der Waals surface area contributed by atoms with Gasteiger partial charge in [-0.1, -0.05) is 91.0 Å². The molecule has 0 spiro atoms. The summed E-state index contributed by atoms with van der Waals surface area (Å²) in [5, 5.41) is 0. The maximum Gasteiger partial charge on any atom is 0.127 e. The number of para-hydroxylation sites is 2. The van der Waals surface area contributed by atoms with Crippen LogP contribution in [-0.2, 0) is 72.5 Å². The van der Waals surface area contributed by atoms with E-state index < -0.39 is 0 Å². The van der Waals surface area contributed by atoms with Gasteiger partial charge in [0.25, 0.3) is 0 Å². The number of thioether (sulfide) groups is 4. The molecular weight excluding hydrogens is 769 g/mol. The fourth-order valence-electron chi connectivity index (χ4n) is 7.46. The first-order valence-corrected chi connectivity index (χ1v) is 23.7. The maximum atomic E-state index is 6.74. The molecule has 4 nitrogen and oxygen atoms in total. The Kier molecular flexibility index (Phi) is 12.1. The lowest BCUT2D eigenvalue weighted by Crippen LogP contribution is -2.05. The van der Waals surface area contributed by atoms with E-state index in [1.165, 1.54) is 44.5 Å². The quantitative estimate of drug-likeness (QED) is 0.150. The minimum Gasteiger partial charge on any atom is -0.489 e. The summed E-state index contributed by atoms with van der Waals surface area (Å²) in [5.74, 6) is 11.0. The molecule has 0 saturated heterocycles. The largest absolute Gasteiger partial charge is 0.489 e. The van der Waals surface area contributed by atoms with Gasteiger partial charge in [0, 0.05) is 68.3 Å². The van der Waals surface area contributed by atoms with Crippen molar-refractivity contribution in [3.8, 4) is 23.0 Å². The summed E-state index contributed by atoms with van der Waals surface area (Å²) in [7, 11) is 0. The number of ether oxygens (including phenoxy) is 4. The lowest BCUT2D eigenvalue weighted by Gasteiger charge is -2.19. The van der Waals surface area contributed by atoms with Crippen LogP contribution in [0.25, 0.3) is 0 Å². The molecule has 0 radical (unpaired) electrons. The van der Waals surface area contributed by atoms with Gasteiger partial charge in [-0.3, -0.25) is 0 Å². The molecule has 12 rings (SSSR count). The Bertz CT molecular complexity index is 2070. The zero-order valence-corrected chi connectivity index (χ0v) is 34.6. The van der Waals surface area contributed by atoms with Gasteiger partial charge in [-0.15, -0.1) is 0 Å². The Balaban J connectivity index is 1.05. The summed E-state index contributed by atoms with van der Waals surface area (Å²) in [6.45, 7) is 2.00. The summed E-state index contributed by atoms with van der Waals surface area (Å²) in [6.07, 6.45) is 0. The molecule has 0 unspecified atom stereocenters. The molecule has 6 aliphatic rings. The molecule has 0 atom stereocenters. The van der Waals surface area contributed by atoms with Crippen molar-refractivity contribution in [1.82, 2.24) is 0 Å². The van der Waals surface area contributed by atoms with Crippen molar-refractivity contribution in [2.75, 3.05) is 0 Å². The minimum atomic E-state index is 0.487. The Morgan fingerprint density at radius 3 is 1.02 bits per heavy atom. The third-order valence-corrected chi connectivity index (χ3v) is 14.4. The highest BCUT2D eigenvalue weighted by atomic mass is 32.2. The maximum absolute atomic E-state index is 6.74. The monoisotopic (exact) mass is 812 g/mol.